The lowest BCUT2D eigenvalue weighted by Crippen LogP contribution is -2.63. The quantitative estimate of drug-likeness (QED) is 0.226. The third-order valence-corrected chi connectivity index (χ3v) is 8.31. The van der Waals surface area contributed by atoms with E-state index in [1.807, 2.05) is 19.0 Å². The van der Waals surface area contributed by atoms with Crippen LogP contribution in [0.1, 0.15) is 27.9 Å². The highest BCUT2D eigenvalue weighted by atomic mass is 16.6. The van der Waals surface area contributed by atoms with E-state index in [4.69, 9.17) is 10.6 Å². The number of anilines is 1. The summed E-state index contributed by atoms with van der Waals surface area (Å²) in [5.41, 5.74) is 6.02. The standard InChI is InChI=1S/C27H33N5O8/c1-31(2)15-9-12(10-29-16-5-6-40-30-16)21(33)18-13(15)7-11-8-14-20(32(3)4)23(35)19(26(28)38)25(37)27(14,39)24(36)17(11)22(18)34/h5-6,9,11,14,16,20,29-30,33,35-36,39H,7-8,10H2,1-4H3,(H2,28,38)/t11-,14-,16?,20+,27-/m0/s1. The first-order chi connectivity index (χ1) is 18.8. The molecule has 1 unspecified atom stereocenters. The maximum atomic E-state index is 14.0. The summed E-state index contributed by atoms with van der Waals surface area (Å²) in [4.78, 5) is 47.9. The SMILES string of the molecule is CN(C)c1cc(CNC2C=CON2)c(O)c2c1C[C@H]1C[C@H]3[C@@H](N(C)C)C(O)=C(C(N)=O)C(=O)[C@@]3(O)C(O)=C1C2=O. The zero-order valence-corrected chi connectivity index (χ0v) is 22.6. The van der Waals surface area contributed by atoms with E-state index in [0.29, 0.717) is 16.8 Å². The number of rotatable bonds is 6. The normalized spacial score (nSPS) is 29.4. The number of allylic oxidation sites excluding steroid dienone is 1. The number of Topliss-reactive ketones (excluding diaryl/α,β-unsaturated/α-hetero) is 2. The molecule has 0 aromatic heterocycles. The van der Waals surface area contributed by atoms with E-state index in [-0.39, 0.29) is 42.4 Å². The lowest BCUT2D eigenvalue weighted by Gasteiger charge is -2.50. The maximum absolute atomic E-state index is 14.0. The second-order valence-corrected chi connectivity index (χ2v) is 11.0. The summed E-state index contributed by atoms with van der Waals surface area (Å²) in [6.07, 6.45) is 3.13. The molecule has 13 heteroatoms. The van der Waals surface area contributed by atoms with Crippen LogP contribution < -0.4 is 21.4 Å². The highest BCUT2D eigenvalue weighted by Crippen LogP contribution is 2.53. The zero-order chi connectivity index (χ0) is 29.3. The number of primary amides is 1. The summed E-state index contributed by atoms with van der Waals surface area (Å²) in [7, 11) is 6.80. The molecular formula is C27H33N5O8. The molecule has 0 fully saturated rings. The number of fused-ring (bicyclic) bond motifs is 3. The minimum absolute atomic E-state index is 0.0301. The number of hydrogen-bond acceptors (Lipinski definition) is 12. The van der Waals surface area contributed by atoms with Crippen molar-refractivity contribution in [2.45, 2.75) is 37.2 Å². The number of ketones is 2. The van der Waals surface area contributed by atoms with Gasteiger partial charge in [0.05, 0.1) is 11.6 Å². The first-order valence-corrected chi connectivity index (χ1v) is 12.8. The molecule has 5 rings (SSSR count). The van der Waals surface area contributed by atoms with E-state index in [1.54, 1.807) is 26.2 Å². The number of aliphatic hydroxyl groups is 3. The van der Waals surface area contributed by atoms with Gasteiger partial charge in [-0.05, 0) is 50.6 Å². The lowest BCUT2D eigenvalue weighted by molar-refractivity contribution is -0.148. The molecule has 0 radical (unpaired) electrons. The van der Waals surface area contributed by atoms with E-state index in [1.165, 1.54) is 11.2 Å². The number of amides is 1. The van der Waals surface area contributed by atoms with Crippen molar-refractivity contribution in [2.24, 2.45) is 17.6 Å². The van der Waals surface area contributed by atoms with Crippen molar-refractivity contribution in [2.75, 3.05) is 33.1 Å². The maximum Gasteiger partial charge on any atom is 0.255 e. The van der Waals surface area contributed by atoms with E-state index >= 15 is 0 Å². The third-order valence-electron chi connectivity index (χ3n) is 8.31. The average Bonchev–Trinajstić information content (AvgIpc) is 3.39. The van der Waals surface area contributed by atoms with Crippen molar-refractivity contribution < 1.29 is 39.6 Å². The third kappa shape index (κ3) is 3.88. The Hall–Kier alpha value is -3.91. The summed E-state index contributed by atoms with van der Waals surface area (Å²) >= 11 is 0. The molecule has 40 heavy (non-hydrogen) atoms. The predicted molar refractivity (Wildman–Crippen MR) is 142 cm³/mol. The van der Waals surface area contributed by atoms with Crippen LogP contribution in [-0.4, -0.2) is 88.8 Å². The molecule has 0 saturated carbocycles. The number of hydroxylamine groups is 1. The van der Waals surface area contributed by atoms with Gasteiger partial charge < -0.3 is 35.9 Å². The van der Waals surface area contributed by atoms with Crippen molar-refractivity contribution in [3.63, 3.8) is 0 Å². The van der Waals surface area contributed by atoms with Gasteiger partial charge in [0.1, 0.15) is 35.3 Å². The molecule has 214 valence electrons. The van der Waals surface area contributed by atoms with Crippen molar-refractivity contribution in [1.82, 2.24) is 15.7 Å². The van der Waals surface area contributed by atoms with E-state index < -0.39 is 58.0 Å². The summed E-state index contributed by atoms with van der Waals surface area (Å²) in [5.74, 6) is -6.75. The van der Waals surface area contributed by atoms with Crippen LogP contribution in [0.15, 0.2) is 41.1 Å². The number of carbonyl (C=O) groups excluding carboxylic acids is 3. The minimum atomic E-state index is -2.68. The van der Waals surface area contributed by atoms with E-state index in [0.717, 1.165) is 0 Å². The number of nitrogens with two attached hydrogens (primary N) is 1. The Labute approximate surface area is 230 Å². The number of aromatic hydroxyl groups is 1. The number of hydrogen-bond donors (Lipinski definition) is 7. The largest absolute Gasteiger partial charge is 0.510 e. The number of likely N-dealkylation sites (N-methyl/N-ethyl adjacent to an activating group) is 1. The summed E-state index contributed by atoms with van der Waals surface area (Å²) in [6.45, 7) is 0.161. The molecule has 8 N–H and O–H groups in total. The fourth-order valence-electron chi connectivity index (χ4n) is 6.49. The van der Waals surface area contributed by atoms with Gasteiger partial charge in [-0.15, -0.1) is 5.48 Å². The van der Waals surface area contributed by atoms with Crippen LogP contribution in [0.5, 0.6) is 5.75 Å². The molecule has 1 aromatic carbocycles. The van der Waals surface area contributed by atoms with Gasteiger partial charge >= 0.3 is 0 Å². The number of phenols is 1. The van der Waals surface area contributed by atoms with Crippen molar-refractivity contribution in [3.8, 4) is 5.75 Å². The molecule has 1 aromatic rings. The second-order valence-electron chi connectivity index (χ2n) is 11.0. The minimum Gasteiger partial charge on any atom is -0.510 e. The lowest BCUT2D eigenvalue weighted by atomic mass is 9.58. The Morgan fingerprint density at radius 3 is 2.50 bits per heavy atom. The van der Waals surface area contributed by atoms with Crippen LogP contribution in [0.25, 0.3) is 0 Å². The summed E-state index contributed by atoms with van der Waals surface area (Å²) in [6, 6.07) is 0.741. The van der Waals surface area contributed by atoms with E-state index in [2.05, 4.69) is 10.8 Å². The van der Waals surface area contributed by atoms with Crippen LogP contribution >= 0.6 is 0 Å². The summed E-state index contributed by atoms with van der Waals surface area (Å²) in [5, 5.41) is 48.5. The highest BCUT2D eigenvalue weighted by molar-refractivity contribution is 6.24. The van der Waals surface area contributed by atoms with Crippen LogP contribution in [0, 0.1) is 11.8 Å². The molecule has 0 bridgehead atoms. The molecule has 1 amide bonds. The number of phenolic OH excluding ortho intramolecular Hbond substituents is 1. The van der Waals surface area contributed by atoms with Gasteiger partial charge in [-0.2, -0.15) is 0 Å². The van der Waals surface area contributed by atoms with Gasteiger partial charge in [0.15, 0.2) is 11.4 Å². The van der Waals surface area contributed by atoms with Crippen molar-refractivity contribution in [1.29, 1.82) is 0 Å². The van der Waals surface area contributed by atoms with Gasteiger partial charge in [-0.3, -0.25) is 24.6 Å². The molecule has 1 aliphatic heterocycles. The predicted octanol–water partition coefficient (Wildman–Crippen LogP) is -0.349. The second kappa shape index (κ2) is 9.63. The fraction of sp³-hybridized carbons (Fsp3) is 0.444. The molecule has 0 saturated heterocycles. The van der Waals surface area contributed by atoms with Gasteiger partial charge in [-0.1, -0.05) is 0 Å². The molecule has 0 spiro atoms. The fourth-order valence-corrected chi connectivity index (χ4v) is 6.49. The van der Waals surface area contributed by atoms with Crippen molar-refractivity contribution in [3.05, 3.63) is 57.8 Å². The number of benzene rings is 1. The number of aliphatic hydroxyl groups excluding tert-OH is 2. The highest BCUT2D eigenvalue weighted by Gasteiger charge is 2.63. The molecular weight excluding hydrogens is 522 g/mol. The molecule has 5 atom stereocenters. The Kier molecular flexibility index (Phi) is 6.65. The Morgan fingerprint density at radius 1 is 1.23 bits per heavy atom. The topological polar surface area (TPSA) is 198 Å². The Bertz CT molecular complexity index is 1410. The van der Waals surface area contributed by atoms with Crippen LogP contribution in [0.4, 0.5) is 5.69 Å². The van der Waals surface area contributed by atoms with Crippen LogP contribution in [-0.2, 0) is 27.4 Å². The van der Waals surface area contributed by atoms with Gasteiger partial charge in [0.25, 0.3) is 5.91 Å². The van der Waals surface area contributed by atoms with Crippen LogP contribution in [0.3, 0.4) is 0 Å². The first-order valence-electron chi connectivity index (χ1n) is 12.8. The Morgan fingerprint density at radius 2 is 1.93 bits per heavy atom. The van der Waals surface area contributed by atoms with E-state index in [9.17, 15) is 34.8 Å². The van der Waals surface area contributed by atoms with Crippen molar-refractivity contribution >= 4 is 23.2 Å². The first kappa shape index (κ1) is 27.6. The van der Waals surface area contributed by atoms with Gasteiger partial charge in [0.2, 0.25) is 5.78 Å². The smallest absolute Gasteiger partial charge is 0.255 e. The number of nitrogens with one attached hydrogen (secondary N) is 2. The van der Waals surface area contributed by atoms with Gasteiger partial charge in [-0.25, -0.2) is 0 Å². The molecule has 1 heterocycles. The molecule has 4 aliphatic rings. The zero-order valence-electron chi connectivity index (χ0n) is 22.6. The number of carbonyl (C=O) groups is 3. The monoisotopic (exact) mass is 555 g/mol. The Balaban J connectivity index is 1.66. The average molecular weight is 556 g/mol. The van der Waals surface area contributed by atoms with Crippen LogP contribution in [0.2, 0.25) is 0 Å². The summed E-state index contributed by atoms with van der Waals surface area (Å²) < 4.78 is 0. The molecule has 13 nitrogen and oxygen atoms in total. The molecule has 3 aliphatic carbocycles. The number of nitrogens with zero attached hydrogens (tertiary/aromatic N) is 2. The van der Waals surface area contributed by atoms with Gasteiger partial charge in [0, 0.05) is 43.4 Å².